The highest BCUT2D eigenvalue weighted by Gasteiger charge is 2.23. The molecule has 31 heavy (non-hydrogen) atoms. The summed E-state index contributed by atoms with van der Waals surface area (Å²) in [6.45, 7) is 4.18. The Morgan fingerprint density at radius 3 is 1.00 bits per heavy atom. The standard InChI is InChI=1S/C28H28N2O/c1-19-3-7-21(8-4-19)27(23-11-15-25(29)16-12-23)31-28(22-9-5-20(2)6-10-22)24-13-17-26(30)18-14-24/h3-18,27-28H,29-30H2,1-2H3. The maximum atomic E-state index is 6.87. The first-order chi connectivity index (χ1) is 15.0. The normalized spacial score (nSPS) is 13.0. The molecule has 0 heterocycles. The van der Waals surface area contributed by atoms with Crippen LogP contribution in [0.4, 0.5) is 11.4 Å². The highest BCUT2D eigenvalue weighted by atomic mass is 16.5. The molecule has 0 saturated heterocycles. The van der Waals surface area contributed by atoms with E-state index in [1.54, 1.807) is 0 Å². The van der Waals surface area contributed by atoms with Gasteiger partial charge in [0.2, 0.25) is 0 Å². The van der Waals surface area contributed by atoms with Crippen molar-refractivity contribution < 1.29 is 4.74 Å². The summed E-state index contributed by atoms with van der Waals surface area (Å²) in [5.41, 5.74) is 20.1. The number of aryl methyl sites for hydroxylation is 2. The van der Waals surface area contributed by atoms with E-state index in [0.29, 0.717) is 0 Å². The minimum atomic E-state index is -0.245. The Morgan fingerprint density at radius 1 is 0.452 bits per heavy atom. The number of hydrogen-bond donors (Lipinski definition) is 2. The summed E-state index contributed by atoms with van der Waals surface area (Å²) in [7, 11) is 0. The lowest BCUT2D eigenvalue weighted by Crippen LogP contribution is -2.13. The second-order valence-electron chi connectivity index (χ2n) is 8.05. The molecule has 0 aliphatic rings. The first-order valence-corrected chi connectivity index (χ1v) is 10.5. The van der Waals surface area contributed by atoms with Gasteiger partial charge in [0.25, 0.3) is 0 Å². The Hall–Kier alpha value is -3.56. The third kappa shape index (κ3) is 4.96. The molecule has 0 amide bonds. The summed E-state index contributed by atoms with van der Waals surface area (Å²) >= 11 is 0. The fraction of sp³-hybridized carbons (Fsp3) is 0.143. The van der Waals surface area contributed by atoms with Gasteiger partial charge in [0, 0.05) is 11.4 Å². The Kier molecular flexibility index (Phi) is 6.06. The molecular formula is C28H28N2O. The van der Waals surface area contributed by atoms with Crippen LogP contribution in [0.2, 0.25) is 0 Å². The van der Waals surface area contributed by atoms with Gasteiger partial charge >= 0.3 is 0 Å². The first kappa shape index (κ1) is 20.7. The second-order valence-corrected chi connectivity index (χ2v) is 8.05. The molecule has 3 nitrogen and oxygen atoms in total. The zero-order valence-electron chi connectivity index (χ0n) is 18.0. The summed E-state index contributed by atoms with van der Waals surface area (Å²) in [5, 5.41) is 0. The number of anilines is 2. The van der Waals surface area contributed by atoms with Crippen molar-refractivity contribution in [2.75, 3.05) is 11.5 Å². The van der Waals surface area contributed by atoms with Crippen molar-refractivity contribution in [3.05, 3.63) is 130 Å². The van der Waals surface area contributed by atoms with E-state index in [1.807, 2.05) is 48.5 Å². The predicted octanol–water partition coefficient (Wildman–Crippen LogP) is 6.36. The van der Waals surface area contributed by atoms with Gasteiger partial charge in [-0.15, -0.1) is 0 Å². The third-order valence-corrected chi connectivity index (χ3v) is 5.51. The SMILES string of the molecule is Cc1ccc(C(OC(c2ccc(C)cc2)c2ccc(N)cc2)c2ccc(N)cc2)cc1. The van der Waals surface area contributed by atoms with Crippen molar-refractivity contribution >= 4 is 11.4 Å². The van der Waals surface area contributed by atoms with Crippen LogP contribution in [-0.4, -0.2) is 0 Å². The van der Waals surface area contributed by atoms with Gasteiger partial charge in [-0.2, -0.15) is 0 Å². The molecule has 0 spiro atoms. The van der Waals surface area contributed by atoms with Gasteiger partial charge in [-0.25, -0.2) is 0 Å². The topological polar surface area (TPSA) is 61.3 Å². The first-order valence-electron chi connectivity index (χ1n) is 10.5. The summed E-state index contributed by atoms with van der Waals surface area (Å²) in [6.07, 6.45) is -0.491. The minimum Gasteiger partial charge on any atom is -0.399 e. The number of rotatable bonds is 6. The molecule has 0 aliphatic heterocycles. The van der Waals surface area contributed by atoms with Crippen LogP contribution in [0.15, 0.2) is 97.1 Å². The third-order valence-electron chi connectivity index (χ3n) is 5.51. The fourth-order valence-electron chi connectivity index (χ4n) is 3.66. The molecule has 0 aliphatic carbocycles. The molecule has 4 N–H and O–H groups in total. The molecule has 0 bridgehead atoms. The predicted molar refractivity (Wildman–Crippen MR) is 129 cm³/mol. The molecule has 3 heteroatoms. The van der Waals surface area contributed by atoms with E-state index in [1.165, 1.54) is 11.1 Å². The summed E-state index contributed by atoms with van der Waals surface area (Å²) < 4.78 is 6.87. The monoisotopic (exact) mass is 408 g/mol. The number of hydrogen-bond acceptors (Lipinski definition) is 3. The van der Waals surface area contributed by atoms with Crippen LogP contribution < -0.4 is 11.5 Å². The van der Waals surface area contributed by atoms with Crippen LogP contribution >= 0.6 is 0 Å². The van der Waals surface area contributed by atoms with E-state index in [0.717, 1.165) is 33.6 Å². The average Bonchev–Trinajstić information content (AvgIpc) is 2.78. The highest BCUT2D eigenvalue weighted by Crippen LogP contribution is 2.36. The molecule has 0 saturated carbocycles. The Labute approximate surface area is 184 Å². The van der Waals surface area contributed by atoms with Crippen LogP contribution in [0.5, 0.6) is 0 Å². The van der Waals surface area contributed by atoms with Gasteiger partial charge in [0.15, 0.2) is 0 Å². The Bertz CT molecular complexity index is 932. The maximum absolute atomic E-state index is 6.87. The zero-order valence-corrected chi connectivity index (χ0v) is 18.0. The fourth-order valence-corrected chi connectivity index (χ4v) is 3.66. The van der Waals surface area contributed by atoms with Crippen molar-refractivity contribution in [1.82, 2.24) is 0 Å². The van der Waals surface area contributed by atoms with Crippen LogP contribution in [-0.2, 0) is 4.74 Å². The van der Waals surface area contributed by atoms with Crippen LogP contribution in [0.25, 0.3) is 0 Å². The smallest absolute Gasteiger partial charge is 0.109 e. The van der Waals surface area contributed by atoms with Crippen molar-refractivity contribution in [1.29, 1.82) is 0 Å². The average molecular weight is 409 g/mol. The largest absolute Gasteiger partial charge is 0.399 e. The molecule has 0 radical (unpaired) electrons. The van der Waals surface area contributed by atoms with E-state index in [4.69, 9.17) is 16.2 Å². The van der Waals surface area contributed by atoms with Crippen LogP contribution in [0.1, 0.15) is 45.6 Å². The van der Waals surface area contributed by atoms with E-state index in [2.05, 4.69) is 62.4 Å². The summed E-state index contributed by atoms with van der Waals surface area (Å²) in [6, 6.07) is 32.8. The van der Waals surface area contributed by atoms with Crippen molar-refractivity contribution in [2.24, 2.45) is 0 Å². The van der Waals surface area contributed by atoms with E-state index >= 15 is 0 Å². The molecule has 4 rings (SSSR count). The lowest BCUT2D eigenvalue weighted by molar-refractivity contribution is 0.0308. The Balaban J connectivity index is 1.79. The van der Waals surface area contributed by atoms with E-state index in [-0.39, 0.29) is 12.2 Å². The van der Waals surface area contributed by atoms with Crippen molar-refractivity contribution in [2.45, 2.75) is 26.1 Å². The molecule has 2 unspecified atom stereocenters. The lowest BCUT2D eigenvalue weighted by Gasteiger charge is -2.27. The molecular weight excluding hydrogens is 380 g/mol. The van der Waals surface area contributed by atoms with Gasteiger partial charge in [-0.05, 0) is 60.4 Å². The quantitative estimate of drug-likeness (QED) is 0.365. The van der Waals surface area contributed by atoms with Gasteiger partial charge in [0.05, 0.1) is 0 Å². The van der Waals surface area contributed by atoms with E-state index < -0.39 is 0 Å². The van der Waals surface area contributed by atoms with Gasteiger partial charge < -0.3 is 16.2 Å². The molecule has 4 aromatic rings. The second kappa shape index (κ2) is 9.07. The summed E-state index contributed by atoms with van der Waals surface area (Å²) in [4.78, 5) is 0. The minimum absolute atomic E-state index is 0.245. The van der Waals surface area contributed by atoms with Crippen LogP contribution in [0.3, 0.4) is 0 Å². The van der Waals surface area contributed by atoms with Crippen LogP contribution in [0, 0.1) is 13.8 Å². The number of nitrogen functional groups attached to an aromatic ring is 2. The highest BCUT2D eigenvalue weighted by molar-refractivity contribution is 5.44. The lowest BCUT2D eigenvalue weighted by atomic mass is 9.96. The Morgan fingerprint density at radius 2 is 0.710 bits per heavy atom. The number of ether oxygens (including phenoxy) is 1. The van der Waals surface area contributed by atoms with Gasteiger partial charge in [-0.3, -0.25) is 0 Å². The molecule has 4 aromatic carbocycles. The van der Waals surface area contributed by atoms with Gasteiger partial charge in [0.1, 0.15) is 12.2 Å². The van der Waals surface area contributed by atoms with Crippen molar-refractivity contribution in [3.8, 4) is 0 Å². The maximum Gasteiger partial charge on any atom is 0.109 e. The molecule has 156 valence electrons. The molecule has 2 atom stereocenters. The van der Waals surface area contributed by atoms with Gasteiger partial charge in [-0.1, -0.05) is 83.9 Å². The van der Waals surface area contributed by atoms with E-state index in [9.17, 15) is 0 Å². The van der Waals surface area contributed by atoms with Crippen molar-refractivity contribution in [3.63, 3.8) is 0 Å². The number of benzene rings is 4. The number of nitrogens with two attached hydrogens (primary N) is 2. The summed E-state index contributed by atoms with van der Waals surface area (Å²) in [5.74, 6) is 0. The molecule has 0 aromatic heterocycles. The zero-order chi connectivity index (χ0) is 21.8. The molecule has 0 fully saturated rings.